The smallest absolute Gasteiger partial charge is 0.278 e. The van der Waals surface area contributed by atoms with Crippen molar-refractivity contribution >= 4 is 28.4 Å². The van der Waals surface area contributed by atoms with Gasteiger partial charge in [-0.3, -0.25) is 4.79 Å². The third-order valence-electron chi connectivity index (χ3n) is 5.87. The normalized spacial score (nSPS) is 13.4. The summed E-state index contributed by atoms with van der Waals surface area (Å²) in [6.07, 6.45) is 3.14. The Hall–Kier alpha value is -4.18. The van der Waals surface area contributed by atoms with Crippen LogP contribution in [-0.2, 0) is 12.1 Å². The number of likely N-dealkylation sites (N-methyl/N-ethyl adjacent to an activating group) is 1. The van der Waals surface area contributed by atoms with Crippen LogP contribution >= 0.6 is 0 Å². The number of rotatable bonds is 6. The summed E-state index contributed by atoms with van der Waals surface area (Å²) in [7, 11) is 2.02. The number of nitrogens with one attached hydrogen (secondary N) is 1. The van der Waals surface area contributed by atoms with Gasteiger partial charge in [0.15, 0.2) is 11.5 Å². The van der Waals surface area contributed by atoms with E-state index in [9.17, 15) is 9.90 Å². The average molecular weight is 474 g/mol. The lowest BCUT2D eigenvalue weighted by Crippen LogP contribution is -2.28. The van der Waals surface area contributed by atoms with Gasteiger partial charge in [-0.1, -0.05) is 12.1 Å². The monoisotopic (exact) mass is 473 g/mol. The van der Waals surface area contributed by atoms with Gasteiger partial charge in [-0.05, 0) is 44.2 Å². The number of benzene rings is 1. The summed E-state index contributed by atoms with van der Waals surface area (Å²) in [5.74, 6) is 1.62. The fourth-order valence-corrected chi connectivity index (χ4v) is 4.05. The second-order valence-corrected chi connectivity index (χ2v) is 8.94. The highest BCUT2D eigenvalue weighted by Crippen LogP contribution is 2.34. The van der Waals surface area contributed by atoms with E-state index < -0.39 is 5.60 Å². The van der Waals surface area contributed by atoms with Crippen molar-refractivity contribution in [3.8, 4) is 11.6 Å². The number of nitrogens with zero attached hydrogens (tertiary/aromatic N) is 6. The van der Waals surface area contributed by atoms with Gasteiger partial charge in [0, 0.05) is 18.9 Å². The van der Waals surface area contributed by atoms with Gasteiger partial charge in [0.2, 0.25) is 5.95 Å². The van der Waals surface area contributed by atoms with Crippen LogP contribution in [0.15, 0.2) is 60.0 Å². The molecule has 0 unspecified atom stereocenters. The number of aliphatic hydroxyl groups is 1. The van der Waals surface area contributed by atoms with Crippen LogP contribution in [0.2, 0.25) is 0 Å². The van der Waals surface area contributed by atoms with Gasteiger partial charge in [0.1, 0.15) is 23.3 Å². The minimum absolute atomic E-state index is 0.254. The van der Waals surface area contributed by atoms with Gasteiger partial charge in [-0.25, -0.2) is 19.3 Å². The van der Waals surface area contributed by atoms with Crippen LogP contribution < -0.4 is 20.5 Å². The quantitative estimate of drug-likeness (QED) is 0.411. The largest absolute Gasteiger partial charge is 0.490 e. The Bertz CT molecular complexity index is 1480. The van der Waals surface area contributed by atoms with Crippen LogP contribution in [0, 0.1) is 0 Å². The Kier molecular flexibility index (Phi) is 5.52. The predicted octanol–water partition coefficient (Wildman–Crippen LogP) is 2.96. The van der Waals surface area contributed by atoms with Crippen molar-refractivity contribution in [2.75, 3.05) is 30.4 Å². The van der Waals surface area contributed by atoms with E-state index >= 15 is 0 Å². The van der Waals surface area contributed by atoms with Gasteiger partial charge < -0.3 is 20.1 Å². The minimum Gasteiger partial charge on any atom is -0.490 e. The number of hydrogen-bond acceptors (Lipinski definition) is 8. The molecule has 0 radical (unpaired) electrons. The number of allylic oxidation sites excluding steroid dienone is 1. The molecule has 4 heterocycles. The van der Waals surface area contributed by atoms with E-state index in [2.05, 4.69) is 31.7 Å². The molecule has 0 spiro atoms. The molecule has 5 rings (SSSR count). The molecule has 180 valence electrons. The fraction of sp³-hybridized carbons (Fsp3) is 0.280. The molecule has 0 saturated carbocycles. The molecular weight excluding hydrogens is 446 g/mol. The molecule has 1 aromatic carbocycles. The van der Waals surface area contributed by atoms with Gasteiger partial charge >= 0.3 is 0 Å². The number of ether oxygens (including phenoxy) is 1. The fourth-order valence-electron chi connectivity index (χ4n) is 4.05. The van der Waals surface area contributed by atoms with Gasteiger partial charge in [-0.15, -0.1) is 6.58 Å². The summed E-state index contributed by atoms with van der Waals surface area (Å²) in [4.78, 5) is 28.9. The van der Waals surface area contributed by atoms with Crippen molar-refractivity contribution < 1.29 is 9.84 Å². The molecule has 0 atom stereocenters. The third-order valence-corrected chi connectivity index (χ3v) is 5.87. The molecule has 0 aliphatic carbocycles. The Balaban J connectivity index is 1.62. The van der Waals surface area contributed by atoms with Crippen LogP contribution in [0.3, 0.4) is 0 Å². The average Bonchev–Trinajstić information content (AvgIpc) is 3.10. The van der Waals surface area contributed by atoms with E-state index in [1.165, 1.54) is 10.9 Å². The first-order valence-corrected chi connectivity index (χ1v) is 11.3. The van der Waals surface area contributed by atoms with Crippen molar-refractivity contribution in [3.05, 3.63) is 71.3 Å². The van der Waals surface area contributed by atoms with Crippen LogP contribution in [-0.4, -0.2) is 49.6 Å². The van der Waals surface area contributed by atoms with Crippen molar-refractivity contribution in [1.29, 1.82) is 0 Å². The Morgan fingerprint density at radius 2 is 2.09 bits per heavy atom. The molecule has 0 bridgehead atoms. The van der Waals surface area contributed by atoms with E-state index in [1.807, 2.05) is 25.2 Å². The Morgan fingerprint density at radius 1 is 1.26 bits per heavy atom. The van der Waals surface area contributed by atoms with E-state index in [0.29, 0.717) is 35.1 Å². The summed E-state index contributed by atoms with van der Waals surface area (Å²) in [5.41, 5.74) is 1.24. The lowest BCUT2D eigenvalue weighted by atomic mass is 10.1. The third kappa shape index (κ3) is 4.12. The molecule has 35 heavy (non-hydrogen) atoms. The predicted molar refractivity (Wildman–Crippen MR) is 135 cm³/mol. The Morgan fingerprint density at radius 3 is 2.86 bits per heavy atom. The second-order valence-electron chi connectivity index (χ2n) is 8.94. The molecular formula is C25H27N7O3. The van der Waals surface area contributed by atoms with Crippen molar-refractivity contribution in [2.45, 2.75) is 26.0 Å². The summed E-state index contributed by atoms with van der Waals surface area (Å²) in [6.45, 7) is 8.81. The molecule has 1 aliphatic heterocycles. The number of fused-ring (bicyclic) bond motifs is 2. The van der Waals surface area contributed by atoms with E-state index in [4.69, 9.17) is 4.74 Å². The minimum atomic E-state index is -1.15. The Labute approximate surface area is 202 Å². The van der Waals surface area contributed by atoms with Crippen LogP contribution in [0.25, 0.3) is 16.9 Å². The zero-order chi connectivity index (χ0) is 24.7. The lowest BCUT2D eigenvalue weighted by Gasteiger charge is -2.28. The highest BCUT2D eigenvalue weighted by molar-refractivity contribution is 5.77. The molecule has 10 heteroatoms. The maximum atomic E-state index is 13.2. The molecule has 0 saturated heterocycles. The molecule has 0 amide bonds. The first-order chi connectivity index (χ1) is 16.8. The van der Waals surface area contributed by atoms with E-state index in [1.54, 1.807) is 42.8 Å². The number of hydrogen-bond donors (Lipinski definition) is 2. The molecule has 1 aliphatic rings. The first kappa shape index (κ1) is 22.6. The van der Waals surface area contributed by atoms with Gasteiger partial charge in [-0.2, -0.15) is 4.98 Å². The second kappa shape index (κ2) is 8.55. The van der Waals surface area contributed by atoms with E-state index in [0.717, 1.165) is 23.7 Å². The summed E-state index contributed by atoms with van der Waals surface area (Å²) >= 11 is 0. The molecule has 10 nitrogen and oxygen atoms in total. The lowest BCUT2D eigenvalue weighted by molar-refractivity contribution is 0.0738. The standard InChI is InChI=1S/C25H27N7O3/c1-5-11-31-23(33)17-15-26-24(27-16-9-10-19-18(14-16)30(4)12-13-35-19)29-22(17)32(31)21-8-6-7-20(28-21)25(2,3)34/h5-10,14-15,34H,1,11-13H2,2-4H3,(H,26,27,29). The molecule has 3 aromatic heterocycles. The van der Waals surface area contributed by atoms with Crippen LogP contribution in [0.5, 0.6) is 5.75 Å². The zero-order valence-corrected chi connectivity index (χ0v) is 19.9. The van der Waals surface area contributed by atoms with Gasteiger partial charge in [0.05, 0.1) is 24.5 Å². The summed E-state index contributed by atoms with van der Waals surface area (Å²) in [6, 6.07) is 11.1. The maximum absolute atomic E-state index is 13.2. The number of aromatic nitrogens is 5. The highest BCUT2D eigenvalue weighted by Gasteiger charge is 2.22. The topological polar surface area (TPSA) is 110 Å². The number of pyridine rings is 1. The van der Waals surface area contributed by atoms with Crippen molar-refractivity contribution in [2.24, 2.45) is 0 Å². The zero-order valence-electron chi connectivity index (χ0n) is 19.9. The number of anilines is 3. The van der Waals surface area contributed by atoms with E-state index in [-0.39, 0.29) is 12.1 Å². The first-order valence-electron chi connectivity index (χ1n) is 11.3. The van der Waals surface area contributed by atoms with Crippen molar-refractivity contribution in [3.63, 3.8) is 0 Å². The molecule has 4 aromatic rings. The maximum Gasteiger partial charge on any atom is 0.278 e. The highest BCUT2D eigenvalue weighted by atomic mass is 16.5. The molecule has 2 N–H and O–H groups in total. The van der Waals surface area contributed by atoms with Crippen molar-refractivity contribution in [1.82, 2.24) is 24.3 Å². The van der Waals surface area contributed by atoms with Crippen LogP contribution in [0.4, 0.5) is 17.3 Å². The van der Waals surface area contributed by atoms with Crippen LogP contribution in [0.1, 0.15) is 19.5 Å². The SMILES string of the molecule is C=CCn1c(=O)c2cnc(Nc3ccc4c(c3)N(C)CCO4)nc2n1-c1cccc(C(C)(C)O)n1. The summed E-state index contributed by atoms with van der Waals surface area (Å²) < 4.78 is 8.85. The molecule has 0 fully saturated rings. The summed E-state index contributed by atoms with van der Waals surface area (Å²) in [5, 5.41) is 14.0. The van der Waals surface area contributed by atoms with Gasteiger partial charge in [0.25, 0.3) is 5.56 Å².